The van der Waals surface area contributed by atoms with Crippen molar-refractivity contribution in [1.29, 1.82) is 0 Å². The molecule has 0 aromatic rings. The highest BCUT2D eigenvalue weighted by Gasteiger charge is 2.14. The van der Waals surface area contributed by atoms with Gasteiger partial charge in [0.25, 0.3) is 0 Å². The highest BCUT2D eigenvalue weighted by Crippen LogP contribution is 2.26. The number of carbonyl (C=O) groups is 1. The highest BCUT2D eigenvalue weighted by atomic mass is 16.4. The largest absolute Gasteiger partial charge is 0.481 e. The van der Waals surface area contributed by atoms with Crippen LogP contribution in [0.2, 0.25) is 0 Å². The van der Waals surface area contributed by atoms with E-state index in [0.29, 0.717) is 18.3 Å². The third-order valence-electron chi connectivity index (χ3n) is 4.27. The number of unbranched alkanes of at least 4 members (excludes halogenated alkanes) is 5. The van der Waals surface area contributed by atoms with Crippen LogP contribution in [0.3, 0.4) is 0 Å². The second kappa shape index (κ2) is 12.3. The number of carboxylic acid groups (broad SMARTS) is 1. The molecule has 0 aromatic carbocycles. The Balaban J connectivity index is 2.35. The SMILES string of the molecule is CCCCCC=CC1C=CCC=CC1CCCCCC(=O)O. The minimum atomic E-state index is -0.676. The van der Waals surface area contributed by atoms with Gasteiger partial charge in [0, 0.05) is 12.3 Å². The summed E-state index contributed by atoms with van der Waals surface area (Å²) in [5.74, 6) is 0.413. The standard InChI is InChI=1S/C20H32O2/c1-2-3-4-5-8-13-18-14-9-6-10-15-19(18)16-11-7-12-17-20(21)22/h8-10,13-15,18-19H,2-7,11-12,16-17H2,1H3,(H,21,22). The number of allylic oxidation sites excluding steroid dienone is 6. The number of rotatable bonds is 11. The van der Waals surface area contributed by atoms with Crippen LogP contribution < -0.4 is 0 Å². The van der Waals surface area contributed by atoms with Crippen LogP contribution in [0.5, 0.6) is 0 Å². The minimum Gasteiger partial charge on any atom is -0.481 e. The van der Waals surface area contributed by atoms with Gasteiger partial charge in [0.15, 0.2) is 0 Å². The van der Waals surface area contributed by atoms with Crippen molar-refractivity contribution in [3.05, 3.63) is 36.5 Å². The molecule has 0 aromatic heterocycles. The van der Waals surface area contributed by atoms with Crippen LogP contribution in [0.25, 0.3) is 0 Å². The summed E-state index contributed by atoms with van der Waals surface area (Å²) < 4.78 is 0. The summed E-state index contributed by atoms with van der Waals surface area (Å²) >= 11 is 0. The Labute approximate surface area is 136 Å². The van der Waals surface area contributed by atoms with Gasteiger partial charge in [0.2, 0.25) is 0 Å². The van der Waals surface area contributed by atoms with Crippen molar-refractivity contribution in [2.24, 2.45) is 11.8 Å². The van der Waals surface area contributed by atoms with Gasteiger partial charge in [-0.2, -0.15) is 0 Å². The Bertz CT molecular complexity index is 379. The second-order valence-electron chi connectivity index (χ2n) is 6.25. The number of carboxylic acids is 1. The Morgan fingerprint density at radius 2 is 1.95 bits per heavy atom. The molecule has 0 fully saturated rings. The molecule has 0 aliphatic heterocycles. The molecular weight excluding hydrogens is 272 g/mol. The average Bonchev–Trinajstić information content (AvgIpc) is 2.72. The molecule has 2 atom stereocenters. The van der Waals surface area contributed by atoms with E-state index in [1.807, 2.05) is 0 Å². The normalized spacial score (nSPS) is 21.3. The molecule has 22 heavy (non-hydrogen) atoms. The Kier molecular flexibility index (Phi) is 10.4. The first-order chi connectivity index (χ1) is 10.7. The first-order valence-electron chi connectivity index (χ1n) is 8.95. The fourth-order valence-corrected chi connectivity index (χ4v) is 2.93. The molecule has 2 unspecified atom stereocenters. The molecule has 1 aliphatic carbocycles. The van der Waals surface area contributed by atoms with Gasteiger partial charge in [-0.15, -0.1) is 0 Å². The van der Waals surface area contributed by atoms with E-state index in [4.69, 9.17) is 5.11 Å². The molecular formula is C20H32O2. The topological polar surface area (TPSA) is 37.3 Å². The Morgan fingerprint density at radius 1 is 1.14 bits per heavy atom. The van der Waals surface area contributed by atoms with E-state index in [2.05, 4.69) is 43.4 Å². The van der Waals surface area contributed by atoms with Gasteiger partial charge in [-0.3, -0.25) is 4.79 Å². The molecule has 124 valence electrons. The van der Waals surface area contributed by atoms with Crippen LogP contribution in [0.1, 0.15) is 71.1 Å². The Hall–Kier alpha value is -1.31. The molecule has 2 nitrogen and oxygen atoms in total. The van der Waals surface area contributed by atoms with Crippen LogP contribution >= 0.6 is 0 Å². The van der Waals surface area contributed by atoms with Gasteiger partial charge in [0.05, 0.1) is 0 Å². The van der Waals surface area contributed by atoms with Crippen molar-refractivity contribution in [1.82, 2.24) is 0 Å². The van der Waals surface area contributed by atoms with Crippen molar-refractivity contribution in [2.45, 2.75) is 71.1 Å². The lowest BCUT2D eigenvalue weighted by Crippen LogP contribution is -2.08. The van der Waals surface area contributed by atoms with Gasteiger partial charge >= 0.3 is 5.97 Å². The monoisotopic (exact) mass is 304 g/mol. The summed E-state index contributed by atoms with van der Waals surface area (Å²) in [7, 11) is 0. The molecule has 0 saturated heterocycles. The minimum absolute atomic E-state index is 0.307. The van der Waals surface area contributed by atoms with E-state index in [1.165, 1.54) is 25.7 Å². The van der Waals surface area contributed by atoms with Gasteiger partial charge in [-0.25, -0.2) is 0 Å². The summed E-state index contributed by atoms with van der Waals surface area (Å²) in [6, 6.07) is 0. The summed E-state index contributed by atoms with van der Waals surface area (Å²) in [5, 5.41) is 8.67. The summed E-state index contributed by atoms with van der Waals surface area (Å²) in [4.78, 5) is 10.5. The lowest BCUT2D eigenvalue weighted by molar-refractivity contribution is -0.137. The first kappa shape index (κ1) is 18.7. The zero-order chi connectivity index (χ0) is 16.0. The summed E-state index contributed by atoms with van der Waals surface area (Å²) in [6.45, 7) is 2.24. The van der Waals surface area contributed by atoms with Crippen LogP contribution in [-0.4, -0.2) is 11.1 Å². The van der Waals surface area contributed by atoms with Gasteiger partial charge in [-0.1, -0.05) is 69.1 Å². The van der Waals surface area contributed by atoms with Crippen molar-refractivity contribution >= 4 is 5.97 Å². The predicted octanol–water partition coefficient (Wildman–Crippen LogP) is 5.91. The van der Waals surface area contributed by atoms with Crippen LogP contribution in [0, 0.1) is 11.8 Å². The van der Waals surface area contributed by atoms with Crippen LogP contribution in [-0.2, 0) is 4.79 Å². The predicted molar refractivity (Wildman–Crippen MR) is 93.9 cm³/mol. The summed E-state index contributed by atoms with van der Waals surface area (Å²) in [5.41, 5.74) is 0. The van der Waals surface area contributed by atoms with Crippen molar-refractivity contribution < 1.29 is 9.90 Å². The smallest absolute Gasteiger partial charge is 0.303 e. The molecule has 0 saturated carbocycles. The van der Waals surface area contributed by atoms with E-state index in [0.717, 1.165) is 32.1 Å². The molecule has 1 aliphatic rings. The molecule has 0 amide bonds. The number of hydrogen-bond donors (Lipinski definition) is 1. The maximum Gasteiger partial charge on any atom is 0.303 e. The van der Waals surface area contributed by atoms with Gasteiger partial charge in [-0.05, 0) is 38.0 Å². The first-order valence-corrected chi connectivity index (χ1v) is 8.95. The van der Waals surface area contributed by atoms with E-state index >= 15 is 0 Å². The average molecular weight is 304 g/mol. The lowest BCUT2D eigenvalue weighted by atomic mass is 9.87. The quantitative estimate of drug-likeness (QED) is 0.381. The van der Waals surface area contributed by atoms with E-state index in [1.54, 1.807) is 0 Å². The van der Waals surface area contributed by atoms with E-state index < -0.39 is 5.97 Å². The maximum atomic E-state index is 10.5. The lowest BCUT2D eigenvalue weighted by Gasteiger charge is -2.18. The van der Waals surface area contributed by atoms with E-state index in [9.17, 15) is 4.79 Å². The summed E-state index contributed by atoms with van der Waals surface area (Å²) in [6.07, 6.45) is 24.5. The molecule has 1 rings (SSSR count). The molecule has 0 bridgehead atoms. The molecule has 0 radical (unpaired) electrons. The van der Waals surface area contributed by atoms with E-state index in [-0.39, 0.29) is 0 Å². The van der Waals surface area contributed by atoms with Crippen LogP contribution in [0.15, 0.2) is 36.5 Å². The van der Waals surface area contributed by atoms with Gasteiger partial charge in [0.1, 0.15) is 0 Å². The maximum absolute atomic E-state index is 10.5. The molecule has 0 spiro atoms. The third-order valence-corrected chi connectivity index (χ3v) is 4.27. The van der Waals surface area contributed by atoms with Crippen LogP contribution in [0.4, 0.5) is 0 Å². The molecule has 0 heterocycles. The van der Waals surface area contributed by atoms with Crippen molar-refractivity contribution in [3.8, 4) is 0 Å². The zero-order valence-electron chi connectivity index (χ0n) is 14.0. The highest BCUT2D eigenvalue weighted by molar-refractivity contribution is 5.66. The Morgan fingerprint density at radius 3 is 2.73 bits per heavy atom. The number of aliphatic carboxylic acids is 1. The molecule has 2 heteroatoms. The van der Waals surface area contributed by atoms with Crippen molar-refractivity contribution in [3.63, 3.8) is 0 Å². The molecule has 1 N–H and O–H groups in total. The fourth-order valence-electron chi connectivity index (χ4n) is 2.93. The number of hydrogen-bond acceptors (Lipinski definition) is 1. The van der Waals surface area contributed by atoms with Gasteiger partial charge < -0.3 is 5.11 Å². The fraction of sp³-hybridized carbons (Fsp3) is 0.650. The van der Waals surface area contributed by atoms with Crippen molar-refractivity contribution in [2.75, 3.05) is 0 Å². The third kappa shape index (κ3) is 8.86. The second-order valence-corrected chi connectivity index (χ2v) is 6.25. The zero-order valence-corrected chi connectivity index (χ0v) is 14.0.